The fraction of sp³-hybridized carbons (Fsp3) is 0.615. The number of hydrogen-bond acceptors (Lipinski definition) is 3. The van der Waals surface area contributed by atoms with Crippen molar-refractivity contribution in [2.24, 2.45) is 0 Å². The number of aromatic nitrogens is 1. The second kappa shape index (κ2) is 5.96. The van der Waals surface area contributed by atoms with E-state index in [0.29, 0.717) is 12.1 Å². The number of rotatable bonds is 6. The molecule has 4 heteroatoms. The third-order valence-corrected chi connectivity index (χ3v) is 2.73. The molecule has 0 bridgehead atoms. The molecule has 0 aromatic carbocycles. The first-order chi connectivity index (χ1) is 8.00. The van der Waals surface area contributed by atoms with Gasteiger partial charge in [0, 0.05) is 18.3 Å². The molecule has 0 aliphatic carbocycles. The van der Waals surface area contributed by atoms with Crippen molar-refractivity contribution in [3.63, 3.8) is 0 Å². The summed E-state index contributed by atoms with van der Waals surface area (Å²) in [5, 5.41) is 3.09. The maximum Gasteiger partial charge on any atom is 0.251 e. The van der Waals surface area contributed by atoms with E-state index in [1.54, 1.807) is 12.3 Å². The van der Waals surface area contributed by atoms with Crippen LogP contribution in [0.15, 0.2) is 12.3 Å². The largest absolute Gasteiger partial charge is 0.470 e. The lowest BCUT2D eigenvalue weighted by Gasteiger charge is -2.24. The second-order valence-corrected chi connectivity index (χ2v) is 4.58. The zero-order chi connectivity index (χ0) is 12.9. The zero-order valence-electron chi connectivity index (χ0n) is 11.0. The molecule has 0 saturated heterocycles. The van der Waals surface area contributed by atoms with Gasteiger partial charge in [-0.2, -0.15) is 0 Å². The summed E-state index contributed by atoms with van der Waals surface area (Å²) in [5.41, 5.74) is 0.189. The van der Waals surface area contributed by atoms with Gasteiger partial charge >= 0.3 is 0 Å². The number of halogens is 1. The fourth-order valence-electron chi connectivity index (χ4n) is 1.26. The van der Waals surface area contributed by atoms with Crippen LogP contribution >= 0.6 is 0 Å². The number of nitrogens with one attached hydrogen (secondary N) is 1. The summed E-state index contributed by atoms with van der Waals surface area (Å²) in [6.07, 6.45) is 2.38. The molecule has 1 heterocycles. The minimum Gasteiger partial charge on any atom is -0.470 e. The lowest BCUT2D eigenvalue weighted by atomic mass is 10.1. The Morgan fingerprint density at radius 2 is 2.12 bits per heavy atom. The summed E-state index contributed by atoms with van der Waals surface area (Å²) in [7, 11) is 0. The third-order valence-electron chi connectivity index (χ3n) is 2.73. The first-order valence-electron chi connectivity index (χ1n) is 6.03. The van der Waals surface area contributed by atoms with Gasteiger partial charge in [-0.05, 0) is 32.9 Å². The van der Waals surface area contributed by atoms with Crippen molar-refractivity contribution in [2.45, 2.75) is 46.3 Å². The Morgan fingerprint density at radius 1 is 1.41 bits per heavy atom. The van der Waals surface area contributed by atoms with Crippen LogP contribution in [0.4, 0.5) is 4.39 Å². The molecule has 0 unspecified atom stereocenters. The van der Waals surface area contributed by atoms with Crippen molar-refractivity contribution in [2.75, 3.05) is 6.54 Å². The Kier molecular flexibility index (Phi) is 4.87. The average molecular weight is 240 g/mol. The highest BCUT2D eigenvalue weighted by Crippen LogP contribution is 2.23. The summed E-state index contributed by atoms with van der Waals surface area (Å²) < 4.78 is 19.6. The summed E-state index contributed by atoms with van der Waals surface area (Å²) in [6.45, 7) is 9.12. The lowest BCUT2D eigenvalue weighted by Crippen LogP contribution is -2.28. The van der Waals surface area contributed by atoms with E-state index in [2.05, 4.69) is 10.3 Å². The van der Waals surface area contributed by atoms with E-state index in [4.69, 9.17) is 4.74 Å². The summed E-state index contributed by atoms with van der Waals surface area (Å²) in [4.78, 5) is 3.96. The van der Waals surface area contributed by atoms with E-state index in [1.165, 1.54) is 0 Å². The van der Waals surface area contributed by atoms with Gasteiger partial charge in [-0.15, -0.1) is 0 Å². The van der Waals surface area contributed by atoms with Gasteiger partial charge in [-0.1, -0.05) is 13.8 Å². The molecular formula is C13H21FN2O. The quantitative estimate of drug-likeness (QED) is 0.830. The predicted molar refractivity (Wildman–Crippen MR) is 66.6 cm³/mol. The average Bonchev–Trinajstić information content (AvgIpc) is 2.30. The summed E-state index contributed by atoms with van der Waals surface area (Å²) in [6, 6.07) is 1.67. The van der Waals surface area contributed by atoms with Crippen molar-refractivity contribution < 1.29 is 9.13 Å². The Balaban J connectivity index is 2.86. The predicted octanol–water partition coefficient (Wildman–Crippen LogP) is 2.90. The molecule has 0 fully saturated rings. The van der Waals surface area contributed by atoms with Crippen LogP contribution in [0, 0.1) is 5.82 Å². The zero-order valence-corrected chi connectivity index (χ0v) is 11.0. The van der Waals surface area contributed by atoms with Crippen LogP contribution in [-0.2, 0) is 6.54 Å². The van der Waals surface area contributed by atoms with Crippen LogP contribution in [0.25, 0.3) is 0 Å². The second-order valence-electron chi connectivity index (χ2n) is 4.58. The van der Waals surface area contributed by atoms with E-state index in [-0.39, 0.29) is 11.7 Å². The topological polar surface area (TPSA) is 34.2 Å². The first-order valence-corrected chi connectivity index (χ1v) is 6.03. The monoisotopic (exact) mass is 240 g/mol. The van der Waals surface area contributed by atoms with Crippen molar-refractivity contribution >= 4 is 0 Å². The van der Waals surface area contributed by atoms with Gasteiger partial charge in [0.15, 0.2) is 5.82 Å². The van der Waals surface area contributed by atoms with Crippen LogP contribution < -0.4 is 10.1 Å². The smallest absolute Gasteiger partial charge is 0.251 e. The van der Waals surface area contributed by atoms with Crippen LogP contribution in [0.3, 0.4) is 0 Å². The molecule has 3 nitrogen and oxygen atoms in total. The number of nitrogens with zero attached hydrogens (tertiary/aromatic N) is 1. The first kappa shape index (κ1) is 13.9. The molecule has 1 aromatic rings. The molecule has 1 N–H and O–H groups in total. The number of hydrogen-bond donors (Lipinski definition) is 1. The molecule has 0 saturated carbocycles. The molecule has 1 aromatic heterocycles. The molecule has 0 radical (unpaired) electrons. The van der Waals surface area contributed by atoms with Crippen LogP contribution in [0.5, 0.6) is 5.88 Å². The van der Waals surface area contributed by atoms with E-state index in [9.17, 15) is 4.39 Å². The van der Waals surface area contributed by atoms with E-state index < -0.39 is 5.60 Å². The molecule has 0 aliphatic rings. The van der Waals surface area contributed by atoms with Gasteiger partial charge in [-0.25, -0.2) is 9.37 Å². The van der Waals surface area contributed by atoms with E-state index >= 15 is 0 Å². The Bertz CT molecular complexity index is 366. The van der Waals surface area contributed by atoms with Crippen LogP contribution in [0.2, 0.25) is 0 Å². The Labute approximate surface area is 102 Å². The molecule has 96 valence electrons. The number of pyridine rings is 1. The molecule has 1 rings (SSSR count). The molecule has 0 spiro atoms. The molecule has 0 atom stereocenters. The Hall–Kier alpha value is -1.16. The highest BCUT2D eigenvalue weighted by molar-refractivity contribution is 5.24. The van der Waals surface area contributed by atoms with Gasteiger partial charge < -0.3 is 10.1 Å². The van der Waals surface area contributed by atoms with Gasteiger partial charge in [0.05, 0.1) is 0 Å². The highest BCUT2D eigenvalue weighted by atomic mass is 19.1. The van der Waals surface area contributed by atoms with E-state index in [1.807, 2.05) is 27.7 Å². The normalized spacial score (nSPS) is 11.6. The minimum atomic E-state index is -0.398. The van der Waals surface area contributed by atoms with Gasteiger partial charge in [-0.3, -0.25) is 0 Å². The molecule has 0 amide bonds. The van der Waals surface area contributed by atoms with Crippen LogP contribution in [0.1, 0.15) is 39.7 Å². The third kappa shape index (κ3) is 3.97. The van der Waals surface area contributed by atoms with Crippen molar-refractivity contribution in [1.82, 2.24) is 10.3 Å². The standard InChI is InChI=1S/C13H21FN2O/c1-5-13(3,4)17-12-11(14)10(7-8-16-12)9-15-6-2/h7-8,15H,5-6,9H2,1-4H3. The fourth-order valence-corrected chi connectivity index (χ4v) is 1.26. The molecular weight excluding hydrogens is 219 g/mol. The molecule has 17 heavy (non-hydrogen) atoms. The summed E-state index contributed by atoms with van der Waals surface area (Å²) >= 11 is 0. The van der Waals surface area contributed by atoms with Crippen molar-refractivity contribution in [3.8, 4) is 5.88 Å². The van der Waals surface area contributed by atoms with Crippen molar-refractivity contribution in [3.05, 3.63) is 23.6 Å². The van der Waals surface area contributed by atoms with Gasteiger partial charge in [0.2, 0.25) is 0 Å². The molecule has 0 aliphatic heterocycles. The maximum absolute atomic E-state index is 14.0. The lowest BCUT2D eigenvalue weighted by molar-refractivity contribution is 0.0926. The van der Waals surface area contributed by atoms with Gasteiger partial charge in [0.1, 0.15) is 5.60 Å². The van der Waals surface area contributed by atoms with Crippen molar-refractivity contribution in [1.29, 1.82) is 0 Å². The Morgan fingerprint density at radius 3 is 2.71 bits per heavy atom. The van der Waals surface area contributed by atoms with Crippen LogP contribution in [-0.4, -0.2) is 17.1 Å². The van der Waals surface area contributed by atoms with Gasteiger partial charge in [0.25, 0.3) is 5.88 Å². The number of ether oxygens (including phenoxy) is 1. The van der Waals surface area contributed by atoms with E-state index in [0.717, 1.165) is 13.0 Å². The highest BCUT2D eigenvalue weighted by Gasteiger charge is 2.21. The minimum absolute atomic E-state index is 0.0900. The maximum atomic E-state index is 14.0. The SMILES string of the molecule is CCNCc1ccnc(OC(C)(C)CC)c1F. The summed E-state index contributed by atoms with van der Waals surface area (Å²) in [5.74, 6) is -0.276.